The number of ether oxygens (including phenoxy) is 5. The highest BCUT2D eigenvalue weighted by Crippen LogP contribution is 2.35. The molecule has 2 saturated heterocycles. The summed E-state index contributed by atoms with van der Waals surface area (Å²) >= 11 is 0. The Morgan fingerprint density at radius 1 is 1.27 bits per heavy atom. The number of hydrogen-bond acceptors (Lipinski definition) is 7. The van der Waals surface area contributed by atoms with Gasteiger partial charge in [-0.25, -0.2) is 4.79 Å². The van der Waals surface area contributed by atoms with E-state index in [4.69, 9.17) is 29.2 Å². The molecule has 1 amide bonds. The minimum atomic E-state index is -0.920. The van der Waals surface area contributed by atoms with Gasteiger partial charge in [0.05, 0.1) is 25.3 Å². The standard InChI is InChI=1S/C20H24N4O6/c1-3-10-26-19-16(22-20(25)27-11-4-2)15(23-24-21)17-14(29-19)12-28-18(30-17)13-8-6-5-7-9-13/h3-9,14-19H,1-2,10-12H2,(H,22,25)/t14-,15-,16-,17-,18-,19+/m1/s1. The molecule has 0 unspecified atom stereocenters. The van der Waals surface area contributed by atoms with Crippen LogP contribution in [0.1, 0.15) is 11.9 Å². The molecule has 0 aliphatic carbocycles. The smallest absolute Gasteiger partial charge is 0.407 e. The average Bonchev–Trinajstić information content (AvgIpc) is 2.78. The lowest BCUT2D eigenvalue weighted by Crippen LogP contribution is -2.66. The van der Waals surface area contributed by atoms with Crippen LogP contribution in [-0.2, 0) is 23.7 Å². The highest BCUT2D eigenvalue weighted by molar-refractivity contribution is 5.68. The normalized spacial score (nSPS) is 30.3. The van der Waals surface area contributed by atoms with Crippen LogP contribution in [0.25, 0.3) is 10.4 Å². The van der Waals surface area contributed by atoms with Crippen molar-refractivity contribution in [1.82, 2.24) is 5.32 Å². The number of alkyl carbamates (subject to hydrolysis) is 1. The van der Waals surface area contributed by atoms with Crippen LogP contribution in [0.5, 0.6) is 0 Å². The molecule has 3 rings (SSSR count). The topological polar surface area (TPSA) is 124 Å². The number of carbonyl (C=O) groups is 1. The lowest BCUT2D eigenvalue weighted by Gasteiger charge is -2.48. The highest BCUT2D eigenvalue weighted by atomic mass is 16.7. The quantitative estimate of drug-likeness (QED) is 0.301. The van der Waals surface area contributed by atoms with Crippen molar-refractivity contribution in [1.29, 1.82) is 0 Å². The molecule has 160 valence electrons. The molecule has 10 nitrogen and oxygen atoms in total. The number of rotatable bonds is 8. The van der Waals surface area contributed by atoms with Crippen LogP contribution >= 0.6 is 0 Å². The van der Waals surface area contributed by atoms with Gasteiger partial charge in [-0.05, 0) is 5.53 Å². The molecule has 1 aromatic rings. The lowest BCUT2D eigenvalue weighted by atomic mass is 9.93. The Labute approximate surface area is 174 Å². The van der Waals surface area contributed by atoms with E-state index in [0.29, 0.717) is 0 Å². The number of azide groups is 1. The molecule has 0 spiro atoms. The van der Waals surface area contributed by atoms with Gasteiger partial charge in [0.2, 0.25) is 0 Å². The average molecular weight is 416 g/mol. The highest BCUT2D eigenvalue weighted by Gasteiger charge is 2.50. The number of carbonyl (C=O) groups excluding carboxylic acids is 1. The Bertz CT molecular complexity index is 785. The van der Waals surface area contributed by atoms with Crippen LogP contribution in [-0.4, -0.2) is 56.5 Å². The number of fused-ring (bicyclic) bond motifs is 1. The van der Waals surface area contributed by atoms with Gasteiger partial charge in [-0.2, -0.15) is 0 Å². The van der Waals surface area contributed by atoms with Crippen molar-refractivity contribution in [3.63, 3.8) is 0 Å². The van der Waals surface area contributed by atoms with Gasteiger partial charge in [0, 0.05) is 10.5 Å². The van der Waals surface area contributed by atoms with Gasteiger partial charge in [0.25, 0.3) is 0 Å². The molecule has 0 bridgehead atoms. The van der Waals surface area contributed by atoms with E-state index in [2.05, 4.69) is 28.5 Å². The van der Waals surface area contributed by atoms with Gasteiger partial charge in [0.1, 0.15) is 18.8 Å². The molecule has 2 aliphatic rings. The van der Waals surface area contributed by atoms with Crippen LogP contribution in [0.2, 0.25) is 0 Å². The minimum absolute atomic E-state index is 0.0241. The molecule has 1 N–H and O–H groups in total. The predicted molar refractivity (Wildman–Crippen MR) is 106 cm³/mol. The first-order chi connectivity index (χ1) is 14.7. The second-order valence-electron chi connectivity index (χ2n) is 6.59. The third kappa shape index (κ3) is 5.18. The maximum atomic E-state index is 12.2. The van der Waals surface area contributed by atoms with E-state index in [0.717, 1.165) is 5.56 Å². The summed E-state index contributed by atoms with van der Waals surface area (Å²) in [4.78, 5) is 15.1. The SMILES string of the molecule is C=CCOC(=O)N[C@H]1[C@@H](OCC=C)O[C@@H]2CO[C@@H](c3ccccc3)O[C@H]2[C@@H]1N=[N+]=[N-]. The van der Waals surface area contributed by atoms with Gasteiger partial charge in [-0.3, -0.25) is 0 Å². The fourth-order valence-electron chi connectivity index (χ4n) is 3.34. The molecule has 30 heavy (non-hydrogen) atoms. The number of hydrogen-bond donors (Lipinski definition) is 1. The Hall–Kier alpha value is -2.88. The van der Waals surface area contributed by atoms with E-state index in [1.54, 1.807) is 6.08 Å². The van der Waals surface area contributed by atoms with Crippen LogP contribution in [0, 0.1) is 0 Å². The maximum Gasteiger partial charge on any atom is 0.407 e. The minimum Gasteiger partial charge on any atom is -0.445 e. The molecule has 2 fully saturated rings. The molecule has 2 aliphatic heterocycles. The molecule has 0 saturated carbocycles. The molecule has 0 aromatic heterocycles. The van der Waals surface area contributed by atoms with Crippen LogP contribution < -0.4 is 5.32 Å². The lowest BCUT2D eigenvalue weighted by molar-refractivity contribution is -0.324. The van der Waals surface area contributed by atoms with E-state index in [9.17, 15) is 4.79 Å². The molecule has 10 heteroatoms. The fraction of sp³-hybridized carbons (Fsp3) is 0.450. The Kier molecular flexibility index (Phi) is 7.83. The van der Waals surface area contributed by atoms with Crippen molar-refractivity contribution in [2.75, 3.05) is 19.8 Å². The first-order valence-corrected chi connectivity index (χ1v) is 9.46. The molecule has 6 atom stereocenters. The first-order valence-electron chi connectivity index (χ1n) is 9.46. The van der Waals surface area contributed by atoms with Gasteiger partial charge in [-0.15, -0.1) is 6.58 Å². The second-order valence-corrected chi connectivity index (χ2v) is 6.59. The number of nitrogens with one attached hydrogen (secondary N) is 1. The van der Waals surface area contributed by atoms with E-state index >= 15 is 0 Å². The fourth-order valence-corrected chi connectivity index (χ4v) is 3.34. The van der Waals surface area contributed by atoms with E-state index in [-0.39, 0.29) is 19.8 Å². The van der Waals surface area contributed by atoms with Crippen molar-refractivity contribution < 1.29 is 28.5 Å². The summed E-state index contributed by atoms with van der Waals surface area (Å²) < 4.78 is 28.5. The van der Waals surface area contributed by atoms with Crippen LogP contribution in [0.15, 0.2) is 60.8 Å². The molecule has 2 heterocycles. The van der Waals surface area contributed by atoms with Crippen molar-refractivity contribution >= 4 is 6.09 Å². The zero-order valence-electron chi connectivity index (χ0n) is 16.3. The van der Waals surface area contributed by atoms with Crippen molar-refractivity contribution in [3.8, 4) is 0 Å². The Morgan fingerprint density at radius 2 is 2.03 bits per heavy atom. The maximum absolute atomic E-state index is 12.2. The van der Waals surface area contributed by atoms with Gasteiger partial charge < -0.3 is 29.0 Å². The summed E-state index contributed by atoms with van der Waals surface area (Å²) in [5.74, 6) is 0. The van der Waals surface area contributed by atoms with Crippen molar-refractivity contribution in [3.05, 3.63) is 71.6 Å². The van der Waals surface area contributed by atoms with Crippen LogP contribution in [0.3, 0.4) is 0 Å². The Balaban J connectivity index is 1.83. The van der Waals surface area contributed by atoms with Crippen molar-refractivity contribution in [2.24, 2.45) is 5.11 Å². The second kappa shape index (κ2) is 10.8. The summed E-state index contributed by atoms with van der Waals surface area (Å²) in [6.07, 6.45) is -0.548. The molecule has 1 aromatic carbocycles. The monoisotopic (exact) mass is 416 g/mol. The molecular formula is C20H24N4O6. The zero-order valence-corrected chi connectivity index (χ0v) is 16.3. The van der Waals surface area contributed by atoms with E-state index in [1.165, 1.54) is 6.08 Å². The Morgan fingerprint density at radius 3 is 2.73 bits per heavy atom. The summed E-state index contributed by atoms with van der Waals surface area (Å²) in [6.45, 7) is 7.51. The third-order valence-electron chi connectivity index (χ3n) is 4.62. The van der Waals surface area contributed by atoms with Crippen molar-refractivity contribution in [2.45, 2.75) is 36.9 Å². The molecular weight excluding hydrogens is 392 g/mol. The summed E-state index contributed by atoms with van der Waals surface area (Å²) in [6, 6.07) is 7.69. The summed E-state index contributed by atoms with van der Waals surface area (Å²) in [5.41, 5.74) is 9.98. The number of amides is 1. The van der Waals surface area contributed by atoms with E-state index in [1.807, 2.05) is 30.3 Å². The van der Waals surface area contributed by atoms with Crippen LogP contribution in [0.4, 0.5) is 4.79 Å². The van der Waals surface area contributed by atoms with E-state index < -0.39 is 43.0 Å². The summed E-state index contributed by atoms with van der Waals surface area (Å²) in [7, 11) is 0. The predicted octanol–water partition coefficient (Wildman–Crippen LogP) is 2.99. The third-order valence-corrected chi connectivity index (χ3v) is 4.62. The zero-order chi connectivity index (χ0) is 21.3. The van der Waals surface area contributed by atoms with Gasteiger partial charge >= 0.3 is 6.09 Å². The van der Waals surface area contributed by atoms with Gasteiger partial charge in [-0.1, -0.05) is 54.2 Å². The number of nitrogens with zero attached hydrogens (tertiary/aromatic N) is 3. The largest absolute Gasteiger partial charge is 0.445 e. The van der Waals surface area contributed by atoms with Gasteiger partial charge in [0.15, 0.2) is 12.6 Å². The number of benzene rings is 1. The first kappa shape index (κ1) is 21.8. The summed E-state index contributed by atoms with van der Waals surface area (Å²) in [5, 5.41) is 6.55. The molecule has 0 radical (unpaired) electrons.